The number of carbonyl (C=O) groups is 2. The van der Waals surface area contributed by atoms with E-state index in [1.807, 2.05) is 20.8 Å². The molecule has 1 saturated heterocycles. The summed E-state index contributed by atoms with van der Waals surface area (Å²) in [7, 11) is 0. The fraction of sp³-hybridized carbons (Fsp3) is 0.739. The summed E-state index contributed by atoms with van der Waals surface area (Å²) in [6.45, 7) is 24.4. The van der Waals surface area contributed by atoms with Crippen LogP contribution in [0.1, 0.15) is 144 Å². The Morgan fingerprint density at radius 1 is 0.982 bits per heavy atom. The minimum atomic E-state index is -0.625. The van der Waals surface area contributed by atoms with Crippen molar-refractivity contribution in [2.45, 2.75) is 151 Å². The van der Waals surface area contributed by atoms with Gasteiger partial charge in [0.2, 0.25) is 0 Å². The van der Waals surface area contributed by atoms with E-state index in [1.54, 1.807) is 5.57 Å². The Bertz CT molecular complexity index is 1920. The quantitative estimate of drug-likeness (QED) is 0.241. The second kappa shape index (κ2) is 13.0. The summed E-state index contributed by atoms with van der Waals surface area (Å²) in [5.41, 5.74) is 12.5. The number of hydrogen-bond donors (Lipinski definition) is 4. The predicted octanol–water partition coefficient (Wildman–Crippen LogP) is 9.16. The number of nitrogens with one attached hydrogen (secondary N) is 2. The van der Waals surface area contributed by atoms with E-state index >= 15 is 0 Å². The summed E-state index contributed by atoms with van der Waals surface area (Å²) in [4.78, 5) is 33.0. The van der Waals surface area contributed by atoms with Crippen LogP contribution in [0.3, 0.4) is 0 Å². The summed E-state index contributed by atoms with van der Waals surface area (Å²) < 4.78 is 5.51. The molecule has 0 aromatic carbocycles. The average molecular weight is 769 g/mol. The zero-order valence-electron chi connectivity index (χ0n) is 35.8. The maximum atomic E-state index is 13.0. The summed E-state index contributed by atoms with van der Waals surface area (Å²) >= 11 is 0. The van der Waals surface area contributed by atoms with Gasteiger partial charge in [-0.3, -0.25) is 9.89 Å². The highest BCUT2D eigenvalue weighted by Gasteiger charge is 2.68. The van der Waals surface area contributed by atoms with Crippen molar-refractivity contribution < 1.29 is 19.4 Å². The van der Waals surface area contributed by atoms with Gasteiger partial charge in [0, 0.05) is 42.0 Å². The number of amides is 1. The first-order chi connectivity index (χ1) is 26.1. The molecule has 7 unspecified atom stereocenters. The normalized spacial score (nSPS) is 36.3. The molecular weight excluding hydrogens is 701 g/mol. The number of carbonyl (C=O) groups excluding carboxylic acids is 1. The predicted molar refractivity (Wildman–Crippen MR) is 221 cm³/mol. The Kier molecular flexibility index (Phi) is 9.10. The third-order valence-corrected chi connectivity index (χ3v) is 16.8. The number of aromatic nitrogens is 3. The molecule has 2 aromatic heterocycles. The van der Waals surface area contributed by atoms with Gasteiger partial charge in [-0.25, -0.2) is 9.78 Å². The highest BCUT2D eigenvalue weighted by Crippen LogP contribution is 2.76. The van der Waals surface area contributed by atoms with E-state index in [9.17, 15) is 14.7 Å². The Balaban J connectivity index is 1.18. The fourth-order valence-corrected chi connectivity index (χ4v) is 14.2. The lowest BCUT2D eigenvalue weighted by Gasteiger charge is -2.70. The van der Waals surface area contributed by atoms with E-state index in [2.05, 4.69) is 87.2 Å². The molecule has 0 bridgehead atoms. The van der Waals surface area contributed by atoms with Crippen LogP contribution in [0.15, 0.2) is 23.9 Å². The molecule has 5 aliphatic carbocycles. The Labute approximate surface area is 334 Å². The minimum Gasteiger partial charge on any atom is -0.481 e. The molecule has 56 heavy (non-hydrogen) atoms. The number of hydrogen-bond acceptors (Lipinski definition) is 7. The molecule has 4 fully saturated rings. The van der Waals surface area contributed by atoms with Gasteiger partial charge in [-0.2, -0.15) is 5.10 Å². The van der Waals surface area contributed by atoms with E-state index in [1.165, 1.54) is 22.4 Å². The van der Waals surface area contributed by atoms with Crippen molar-refractivity contribution >= 4 is 29.3 Å². The van der Waals surface area contributed by atoms with E-state index < -0.39 is 11.6 Å². The number of aliphatic carboxylic acids is 1. The molecule has 8 atom stereocenters. The summed E-state index contributed by atoms with van der Waals surface area (Å²) in [5, 5.41) is 21.7. The molecule has 306 valence electrons. The van der Waals surface area contributed by atoms with Crippen molar-refractivity contribution in [3.63, 3.8) is 0 Å². The molecule has 6 aliphatic rings. The number of aromatic amines is 1. The number of nitrogens with two attached hydrogens (primary N) is 1. The number of carboxylic acid groups (broad SMARTS) is 1. The number of H-pyrrole nitrogens is 1. The molecule has 0 radical (unpaired) electrons. The standard InChI is InChI=1S/C46H68N6O4/c1-41(2,3)56-40(55)49-27-15-19-52(20-16-27)35-12-11-26(25-48-35)29-21-34-44(8)24-32-37(50-51-38(32)47)43(6,7)33(44)14-18-45(34,9)46(10)17-13-28-30(36(29)46)22-42(4,5)23-31(28)39(53)54/h11-12,25,27-28,30-31,33-34H,13-24H2,1-10H3,(H,49,55)(H,53,54)(H3,47,50,51)/t28?,30?,31-,33?,34?,44?,45?,46?/m1/s1. The molecule has 3 heterocycles. The van der Waals surface area contributed by atoms with Crippen molar-refractivity contribution in [3.05, 3.63) is 40.7 Å². The van der Waals surface area contributed by atoms with Gasteiger partial charge in [-0.1, -0.05) is 54.0 Å². The van der Waals surface area contributed by atoms with Gasteiger partial charge in [0.05, 0.1) is 5.92 Å². The molecule has 2 aromatic rings. The fourth-order valence-electron chi connectivity index (χ4n) is 14.2. The number of carboxylic acids is 1. The Hall–Kier alpha value is -3.56. The SMILES string of the molecule is CC1(C)CC2C3=C(c4ccc(N5CCC(NC(=O)OC(C)(C)C)CC5)nc4)CC4C5(C)Cc6c(N)n[nH]c6C(C)(C)C5CCC4(C)C3(C)CCC2[C@H](C(=O)O)C1. The second-order valence-electron chi connectivity index (χ2n) is 22.0. The number of alkyl carbamates (subject to hydrolysis) is 1. The maximum absolute atomic E-state index is 13.0. The van der Waals surface area contributed by atoms with Crippen LogP contribution in [-0.4, -0.2) is 57.1 Å². The van der Waals surface area contributed by atoms with E-state index in [0.29, 0.717) is 17.7 Å². The van der Waals surface area contributed by atoms with Gasteiger partial charge in [-0.05, 0) is 154 Å². The number of piperidine rings is 1. The van der Waals surface area contributed by atoms with Crippen LogP contribution in [0.4, 0.5) is 16.4 Å². The minimum absolute atomic E-state index is 0.00137. The molecule has 1 aliphatic heterocycles. The van der Waals surface area contributed by atoms with Gasteiger partial charge in [-0.15, -0.1) is 0 Å². The van der Waals surface area contributed by atoms with Gasteiger partial charge in [0.25, 0.3) is 0 Å². The van der Waals surface area contributed by atoms with Crippen LogP contribution in [0.5, 0.6) is 0 Å². The molecule has 10 nitrogen and oxygen atoms in total. The van der Waals surface area contributed by atoms with Crippen molar-refractivity contribution in [2.24, 2.45) is 51.2 Å². The number of fused-ring (bicyclic) bond motifs is 8. The van der Waals surface area contributed by atoms with Crippen molar-refractivity contribution in [1.29, 1.82) is 0 Å². The van der Waals surface area contributed by atoms with Crippen LogP contribution in [-0.2, 0) is 21.4 Å². The maximum Gasteiger partial charge on any atom is 0.407 e. The summed E-state index contributed by atoms with van der Waals surface area (Å²) in [6.07, 6.45) is 11.4. The molecule has 3 saturated carbocycles. The van der Waals surface area contributed by atoms with Crippen LogP contribution in [0, 0.1) is 51.2 Å². The van der Waals surface area contributed by atoms with Crippen molar-refractivity contribution in [3.8, 4) is 0 Å². The molecule has 0 spiro atoms. The van der Waals surface area contributed by atoms with E-state index in [-0.39, 0.29) is 57.0 Å². The monoisotopic (exact) mass is 769 g/mol. The van der Waals surface area contributed by atoms with Gasteiger partial charge >= 0.3 is 12.1 Å². The largest absolute Gasteiger partial charge is 0.481 e. The number of pyridine rings is 1. The summed E-state index contributed by atoms with van der Waals surface area (Å²) in [5.74, 6) is 1.91. The Morgan fingerprint density at radius 3 is 2.34 bits per heavy atom. The Morgan fingerprint density at radius 2 is 1.70 bits per heavy atom. The smallest absolute Gasteiger partial charge is 0.407 e. The lowest BCUT2D eigenvalue weighted by atomic mass is 9.33. The third-order valence-electron chi connectivity index (χ3n) is 16.8. The molecule has 8 rings (SSSR count). The van der Waals surface area contributed by atoms with Gasteiger partial charge in [0.15, 0.2) is 0 Å². The zero-order valence-corrected chi connectivity index (χ0v) is 35.8. The van der Waals surface area contributed by atoms with Crippen LogP contribution < -0.4 is 16.0 Å². The highest BCUT2D eigenvalue weighted by atomic mass is 16.6. The number of anilines is 2. The number of nitrogens with zero attached hydrogens (tertiary/aromatic N) is 3. The first kappa shape index (κ1) is 39.3. The van der Waals surface area contributed by atoms with Crippen molar-refractivity contribution in [1.82, 2.24) is 20.5 Å². The zero-order chi connectivity index (χ0) is 40.4. The second-order valence-corrected chi connectivity index (χ2v) is 22.0. The molecular formula is C46H68N6O4. The van der Waals surface area contributed by atoms with Crippen LogP contribution >= 0.6 is 0 Å². The van der Waals surface area contributed by atoms with Crippen molar-refractivity contribution in [2.75, 3.05) is 23.7 Å². The summed E-state index contributed by atoms with van der Waals surface area (Å²) in [6, 6.07) is 4.59. The van der Waals surface area contributed by atoms with Crippen LogP contribution in [0.2, 0.25) is 0 Å². The topological polar surface area (TPSA) is 146 Å². The number of allylic oxidation sites excluding steroid dienone is 2. The lowest BCUT2D eigenvalue weighted by Crippen LogP contribution is -2.64. The van der Waals surface area contributed by atoms with E-state index in [4.69, 9.17) is 15.5 Å². The first-order valence-corrected chi connectivity index (χ1v) is 21.6. The first-order valence-electron chi connectivity index (χ1n) is 21.6. The average Bonchev–Trinajstić information content (AvgIpc) is 3.47. The molecule has 5 N–H and O–H groups in total. The van der Waals surface area contributed by atoms with Gasteiger partial charge < -0.3 is 25.8 Å². The molecule has 10 heteroatoms. The number of ether oxygens (including phenoxy) is 1. The lowest BCUT2D eigenvalue weighted by molar-refractivity contribution is -0.161. The third kappa shape index (κ3) is 6.08. The van der Waals surface area contributed by atoms with E-state index in [0.717, 1.165) is 83.1 Å². The van der Waals surface area contributed by atoms with Gasteiger partial charge in [0.1, 0.15) is 17.2 Å². The number of rotatable bonds is 4. The highest BCUT2D eigenvalue weighted by molar-refractivity contribution is 5.75. The van der Waals surface area contributed by atoms with Crippen LogP contribution in [0.25, 0.3) is 5.57 Å². The molecule has 1 amide bonds. The number of nitrogen functional groups attached to an aromatic ring is 1.